The summed E-state index contributed by atoms with van der Waals surface area (Å²) in [7, 11) is 0. The van der Waals surface area contributed by atoms with Crippen molar-refractivity contribution >= 4 is 0 Å². The highest BCUT2D eigenvalue weighted by Gasteiger charge is 1.86. The molecule has 0 N–H and O–H groups in total. The molecule has 0 aromatic rings. The summed E-state index contributed by atoms with van der Waals surface area (Å²) >= 11 is 0. The Balaban J connectivity index is 0. The van der Waals surface area contributed by atoms with Crippen LogP contribution in [0, 0.1) is 0 Å². The number of hydrogen-bond donors (Lipinski definition) is 0. The zero-order valence-electron chi connectivity index (χ0n) is 16.0. The summed E-state index contributed by atoms with van der Waals surface area (Å²) < 4.78 is 0. The third kappa shape index (κ3) is 27.8. The van der Waals surface area contributed by atoms with Crippen LogP contribution in [0.5, 0.6) is 0 Å². The molecule has 0 heterocycles. The minimum Gasteiger partial charge on any atom is -0.103 e. The van der Waals surface area contributed by atoms with Gasteiger partial charge in [-0.2, -0.15) is 0 Å². The van der Waals surface area contributed by atoms with Crippen LogP contribution in [0.25, 0.3) is 0 Å². The molecule has 0 aliphatic carbocycles. The van der Waals surface area contributed by atoms with Gasteiger partial charge in [0.05, 0.1) is 0 Å². The number of hydrogen-bond acceptors (Lipinski definition) is 0. The first-order valence-electron chi connectivity index (χ1n) is 10.1. The van der Waals surface area contributed by atoms with Gasteiger partial charge >= 0.3 is 0 Å². The molecule has 0 atom stereocenters. The van der Waals surface area contributed by atoms with Crippen molar-refractivity contribution in [1.29, 1.82) is 0 Å². The van der Waals surface area contributed by atoms with Crippen molar-refractivity contribution in [1.82, 2.24) is 0 Å². The van der Waals surface area contributed by atoms with Crippen molar-refractivity contribution in [2.45, 2.75) is 117 Å². The molecule has 0 spiro atoms. The fourth-order valence-electron chi connectivity index (χ4n) is 2.33. The van der Waals surface area contributed by atoms with Crippen LogP contribution in [0.1, 0.15) is 117 Å². The summed E-state index contributed by atoms with van der Waals surface area (Å²) in [5.41, 5.74) is 0. The summed E-state index contributed by atoms with van der Waals surface area (Å²) in [6.07, 6.45) is 27.1. The first-order chi connectivity index (χ1) is 10.8. The van der Waals surface area contributed by atoms with Gasteiger partial charge in [-0.1, -0.05) is 96.8 Å². The van der Waals surface area contributed by atoms with Crippen LogP contribution in [-0.4, -0.2) is 0 Å². The molecular formula is C22H44. The highest BCUT2D eigenvalue weighted by atomic mass is 13.9. The molecule has 0 fully saturated rings. The van der Waals surface area contributed by atoms with E-state index in [4.69, 9.17) is 0 Å². The van der Waals surface area contributed by atoms with Crippen molar-refractivity contribution in [2.75, 3.05) is 0 Å². The Labute approximate surface area is 142 Å². The molecule has 0 amide bonds. The van der Waals surface area contributed by atoms with E-state index < -0.39 is 0 Å². The van der Waals surface area contributed by atoms with Crippen molar-refractivity contribution in [2.24, 2.45) is 0 Å². The lowest BCUT2D eigenvalue weighted by molar-refractivity contribution is 0.665. The quantitative estimate of drug-likeness (QED) is 0.210. The van der Waals surface area contributed by atoms with Gasteiger partial charge in [0.1, 0.15) is 0 Å². The summed E-state index contributed by atoms with van der Waals surface area (Å²) in [5, 5.41) is 0. The van der Waals surface area contributed by atoms with E-state index in [-0.39, 0.29) is 0 Å². The normalized spacial score (nSPS) is 10.5. The predicted molar refractivity (Wildman–Crippen MR) is 106 cm³/mol. The highest BCUT2D eigenvalue weighted by molar-refractivity contribution is 4.81. The van der Waals surface area contributed by atoms with Crippen molar-refractivity contribution in [3.8, 4) is 0 Å². The molecule has 22 heavy (non-hydrogen) atoms. The zero-order valence-corrected chi connectivity index (χ0v) is 16.0. The van der Waals surface area contributed by atoms with Crippen LogP contribution >= 0.6 is 0 Å². The molecule has 132 valence electrons. The van der Waals surface area contributed by atoms with E-state index in [1.165, 1.54) is 96.3 Å². The lowest BCUT2D eigenvalue weighted by Gasteiger charge is -1.95. The molecule has 0 nitrogen and oxygen atoms in total. The van der Waals surface area contributed by atoms with E-state index in [0.717, 1.165) is 0 Å². The van der Waals surface area contributed by atoms with Gasteiger partial charge < -0.3 is 0 Å². The Kier molecular flexibility index (Phi) is 27.4. The lowest BCUT2D eigenvalue weighted by Crippen LogP contribution is -1.75. The molecule has 0 bridgehead atoms. The van der Waals surface area contributed by atoms with Crippen LogP contribution in [-0.2, 0) is 0 Å². The van der Waals surface area contributed by atoms with Crippen molar-refractivity contribution in [3.05, 3.63) is 24.8 Å². The highest BCUT2D eigenvalue weighted by Crippen LogP contribution is 2.06. The zero-order chi connectivity index (χ0) is 16.7. The fraction of sp³-hybridized carbons (Fsp3) is 0.818. The van der Waals surface area contributed by atoms with Crippen molar-refractivity contribution in [3.63, 3.8) is 0 Å². The maximum atomic E-state index is 3.66. The van der Waals surface area contributed by atoms with Crippen LogP contribution in [0.15, 0.2) is 24.8 Å². The number of rotatable bonds is 15. The summed E-state index contributed by atoms with van der Waals surface area (Å²) in [6, 6.07) is 0. The van der Waals surface area contributed by atoms with Gasteiger partial charge in [0.25, 0.3) is 0 Å². The molecule has 0 aromatic heterocycles. The van der Waals surface area contributed by atoms with E-state index in [1.54, 1.807) is 0 Å². The second-order valence-corrected chi connectivity index (χ2v) is 6.31. The Morgan fingerprint density at radius 1 is 0.500 bits per heavy atom. The Bertz CT molecular complexity index is 188. The molecule has 0 unspecified atom stereocenters. The van der Waals surface area contributed by atoms with Gasteiger partial charge in [-0.05, 0) is 38.5 Å². The second-order valence-electron chi connectivity index (χ2n) is 6.31. The van der Waals surface area contributed by atoms with E-state index in [1.807, 2.05) is 6.08 Å². The van der Waals surface area contributed by atoms with Crippen LogP contribution in [0.2, 0.25) is 0 Å². The molecule has 0 saturated heterocycles. The molecular weight excluding hydrogens is 264 g/mol. The fourth-order valence-corrected chi connectivity index (χ4v) is 2.33. The van der Waals surface area contributed by atoms with Gasteiger partial charge in [-0.3, -0.25) is 0 Å². The standard InChI is InChI=1S/C14H28.C8H16/c1-3-5-7-9-11-13-14-12-10-8-6-4-2;1-3-5-7-8-6-4-2/h13-14H,3-12H2,1-2H3;3H,1,4-8H2,2H3/b14-13+;. The summed E-state index contributed by atoms with van der Waals surface area (Å²) in [6.45, 7) is 10.4. The van der Waals surface area contributed by atoms with Gasteiger partial charge in [0.15, 0.2) is 0 Å². The molecule has 0 aliphatic rings. The molecule has 0 aromatic carbocycles. The maximum Gasteiger partial charge on any atom is -0.0351 e. The van der Waals surface area contributed by atoms with E-state index in [0.29, 0.717) is 0 Å². The van der Waals surface area contributed by atoms with Gasteiger partial charge in [-0.15, -0.1) is 6.58 Å². The average molecular weight is 309 g/mol. The Morgan fingerprint density at radius 3 is 1.18 bits per heavy atom. The molecule has 0 radical (unpaired) electrons. The third-order valence-electron chi connectivity index (χ3n) is 3.88. The third-order valence-corrected chi connectivity index (χ3v) is 3.88. The lowest BCUT2D eigenvalue weighted by atomic mass is 10.1. The first kappa shape index (κ1) is 23.7. The minimum absolute atomic E-state index is 1.19. The van der Waals surface area contributed by atoms with Gasteiger partial charge in [0, 0.05) is 0 Å². The van der Waals surface area contributed by atoms with Crippen LogP contribution in [0.4, 0.5) is 0 Å². The molecule has 0 heteroatoms. The van der Waals surface area contributed by atoms with Gasteiger partial charge in [0.2, 0.25) is 0 Å². The molecule has 0 aliphatic heterocycles. The maximum absolute atomic E-state index is 3.66. The van der Waals surface area contributed by atoms with Crippen LogP contribution in [0.3, 0.4) is 0 Å². The minimum atomic E-state index is 1.19. The number of unbranched alkanes of at least 4 members (excludes halogenated alkanes) is 12. The summed E-state index contributed by atoms with van der Waals surface area (Å²) in [4.78, 5) is 0. The summed E-state index contributed by atoms with van der Waals surface area (Å²) in [5.74, 6) is 0. The monoisotopic (exact) mass is 308 g/mol. The predicted octanol–water partition coefficient (Wildman–Crippen LogP) is 8.63. The largest absolute Gasteiger partial charge is 0.103 e. The van der Waals surface area contributed by atoms with Gasteiger partial charge in [-0.25, -0.2) is 0 Å². The molecule has 0 rings (SSSR count). The van der Waals surface area contributed by atoms with E-state index in [9.17, 15) is 0 Å². The smallest absolute Gasteiger partial charge is 0.0351 e. The Morgan fingerprint density at radius 2 is 0.864 bits per heavy atom. The van der Waals surface area contributed by atoms with E-state index in [2.05, 4.69) is 39.5 Å². The Hall–Kier alpha value is -0.520. The SMILES string of the molecule is C=CCCCCCC.CCCCCC/C=C/CCCCCC. The van der Waals surface area contributed by atoms with Crippen LogP contribution < -0.4 is 0 Å². The second kappa shape index (κ2) is 25.4. The van der Waals surface area contributed by atoms with Crippen molar-refractivity contribution < 1.29 is 0 Å². The topological polar surface area (TPSA) is 0 Å². The first-order valence-corrected chi connectivity index (χ1v) is 10.1. The van der Waals surface area contributed by atoms with E-state index >= 15 is 0 Å². The average Bonchev–Trinajstić information content (AvgIpc) is 2.54. The molecule has 0 saturated carbocycles. The number of allylic oxidation sites excluding steroid dienone is 3.